The van der Waals surface area contributed by atoms with E-state index in [1.54, 1.807) is 14.2 Å². The minimum atomic E-state index is 0.0450. The van der Waals surface area contributed by atoms with Gasteiger partial charge in [-0.3, -0.25) is 4.90 Å². The van der Waals surface area contributed by atoms with Crippen molar-refractivity contribution in [1.82, 2.24) is 4.90 Å². The van der Waals surface area contributed by atoms with E-state index in [2.05, 4.69) is 17.0 Å². The third-order valence-electron chi connectivity index (χ3n) is 3.11. The van der Waals surface area contributed by atoms with Crippen LogP contribution in [0.5, 0.6) is 5.75 Å². The Morgan fingerprint density at radius 1 is 1.40 bits per heavy atom. The van der Waals surface area contributed by atoms with E-state index < -0.39 is 0 Å². The fourth-order valence-electron chi connectivity index (χ4n) is 1.94. The maximum atomic E-state index is 8.82. The first kappa shape index (κ1) is 16.3. The van der Waals surface area contributed by atoms with Gasteiger partial charge in [-0.05, 0) is 24.2 Å². The third kappa shape index (κ3) is 4.40. The molecule has 1 aromatic rings. The second kappa shape index (κ2) is 8.39. The number of amidine groups is 1. The Morgan fingerprint density at radius 2 is 2.15 bits per heavy atom. The van der Waals surface area contributed by atoms with Crippen molar-refractivity contribution in [1.29, 1.82) is 0 Å². The minimum absolute atomic E-state index is 0.0450. The van der Waals surface area contributed by atoms with E-state index in [0.29, 0.717) is 17.9 Å². The Morgan fingerprint density at radius 3 is 2.70 bits per heavy atom. The van der Waals surface area contributed by atoms with Gasteiger partial charge in [-0.15, -0.1) is 0 Å². The van der Waals surface area contributed by atoms with Gasteiger partial charge >= 0.3 is 0 Å². The molecular formula is C14H23N3O3. The second-order valence-corrected chi connectivity index (χ2v) is 4.38. The van der Waals surface area contributed by atoms with Crippen LogP contribution in [0.15, 0.2) is 23.4 Å². The van der Waals surface area contributed by atoms with Gasteiger partial charge in [-0.2, -0.15) is 0 Å². The lowest BCUT2D eigenvalue weighted by atomic mass is 10.1. The number of hydrogen-bond donors (Lipinski definition) is 2. The zero-order valence-electron chi connectivity index (χ0n) is 12.3. The predicted octanol–water partition coefficient (Wildman–Crippen LogP) is 1.26. The molecule has 3 N–H and O–H groups in total. The molecule has 1 aromatic carbocycles. The van der Waals surface area contributed by atoms with Gasteiger partial charge in [-0.1, -0.05) is 18.1 Å². The molecule has 20 heavy (non-hydrogen) atoms. The Hall–Kier alpha value is -1.79. The van der Waals surface area contributed by atoms with Crippen LogP contribution in [0.1, 0.15) is 18.1 Å². The van der Waals surface area contributed by atoms with Gasteiger partial charge in [0.15, 0.2) is 5.84 Å². The van der Waals surface area contributed by atoms with Gasteiger partial charge in [-0.25, -0.2) is 0 Å². The lowest BCUT2D eigenvalue weighted by molar-refractivity contribution is 0.147. The molecule has 0 aliphatic carbocycles. The highest BCUT2D eigenvalue weighted by molar-refractivity contribution is 5.99. The molecule has 0 aliphatic heterocycles. The van der Waals surface area contributed by atoms with E-state index in [1.807, 2.05) is 18.2 Å². The zero-order chi connectivity index (χ0) is 15.0. The van der Waals surface area contributed by atoms with Crippen LogP contribution in [-0.2, 0) is 11.3 Å². The number of ether oxygens (including phenoxy) is 2. The van der Waals surface area contributed by atoms with Crippen molar-refractivity contribution in [2.75, 3.05) is 33.9 Å². The highest BCUT2D eigenvalue weighted by Gasteiger charge is 2.11. The summed E-state index contributed by atoms with van der Waals surface area (Å²) in [4.78, 5) is 2.25. The molecule has 0 saturated carbocycles. The van der Waals surface area contributed by atoms with Crippen molar-refractivity contribution in [2.45, 2.75) is 13.5 Å². The Kier molecular flexibility index (Phi) is 6.83. The summed E-state index contributed by atoms with van der Waals surface area (Å²) in [6.45, 7) is 5.35. The minimum Gasteiger partial charge on any atom is -0.496 e. The van der Waals surface area contributed by atoms with Crippen LogP contribution in [0.3, 0.4) is 0 Å². The SMILES string of the molecule is CCN(CCOC)Cc1ccc(OC)c(C(N)=NO)c1. The van der Waals surface area contributed by atoms with Gasteiger partial charge in [0, 0.05) is 20.2 Å². The summed E-state index contributed by atoms with van der Waals surface area (Å²) in [7, 11) is 3.25. The molecule has 0 amide bonds. The molecule has 112 valence electrons. The van der Waals surface area contributed by atoms with Gasteiger partial charge in [0.1, 0.15) is 5.75 Å². The first-order chi connectivity index (χ1) is 9.65. The van der Waals surface area contributed by atoms with E-state index >= 15 is 0 Å². The molecule has 0 saturated heterocycles. The Bertz CT molecular complexity index is 449. The number of rotatable bonds is 8. The maximum Gasteiger partial charge on any atom is 0.173 e. The average molecular weight is 281 g/mol. The number of hydrogen-bond acceptors (Lipinski definition) is 5. The lowest BCUT2D eigenvalue weighted by Crippen LogP contribution is -2.27. The molecule has 0 atom stereocenters. The van der Waals surface area contributed by atoms with Gasteiger partial charge in [0.05, 0.1) is 19.3 Å². The van der Waals surface area contributed by atoms with Crippen LogP contribution < -0.4 is 10.5 Å². The summed E-state index contributed by atoms with van der Waals surface area (Å²) in [5, 5.41) is 11.9. The normalized spacial score (nSPS) is 11.9. The van der Waals surface area contributed by atoms with Crippen molar-refractivity contribution in [3.63, 3.8) is 0 Å². The van der Waals surface area contributed by atoms with Crippen molar-refractivity contribution < 1.29 is 14.7 Å². The zero-order valence-corrected chi connectivity index (χ0v) is 12.3. The summed E-state index contributed by atoms with van der Waals surface area (Å²) in [5.41, 5.74) is 7.34. The standard InChI is InChI=1S/C14H23N3O3/c1-4-17(7-8-19-2)10-11-5-6-13(20-3)12(9-11)14(15)16-18/h5-6,9,18H,4,7-8,10H2,1-3H3,(H2,15,16). The van der Waals surface area contributed by atoms with E-state index in [0.717, 1.165) is 25.2 Å². The van der Waals surface area contributed by atoms with E-state index in [-0.39, 0.29) is 5.84 Å². The summed E-state index contributed by atoms with van der Waals surface area (Å²) in [6.07, 6.45) is 0. The van der Waals surface area contributed by atoms with Gasteiger partial charge in [0.25, 0.3) is 0 Å². The second-order valence-electron chi connectivity index (χ2n) is 4.38. The highest BCUT2D eigenvalue weighted by Crippen LogP contribution is 2.20. The van der Waals surface area contributed by atoms with Crippen molar-refractivity contribution in [3.05, 3.63) is 29.3 Å². The molecule has 0 unspecified atom stereocenters. The molecular weight excluding hydrogens is 258 g/mol. The van der Waals surface area contributed by atoms with Crippen LogP contribution in [0, 0.1) is 0 Å². The van der Waals surface area contributed by atoms with E-state index in [9.17, 15) is 0 Å². The number of methoxy groups -OCH3 is 2. The summed E-state index contributed by atoms with van der Waals surface area (Å²) < 4.78 is 10.3. The molecule has 0 fully saturated rings. The van der Waals surface area contributed by atoms with Crippen LogP contribution >= 0.6 is 0 Å². The van der Waals surface area contributed by atoms with Gasteiger partial charge < -0.3 is 20.4 Å². The van der Waals surface area contributed by atoms with Gasteiger partial charge in [0.2, 0.25) is 0 Å². The summed E-state index contributed by atoms with van der Waals surface area (Å²) in [6, 6.07) is 5.68. The van der Waals surface area contributed by atoms with Crippen molar-refractivity contribution in [2.24, 2.45) is 10.9 Å². The fourth-order valence-corrected chi connectivity index (χ4v) is 1.94. The van der Waals surface area contributed by atoms with E-state index in [4.69, 9.17) is 20.4 Å². The molecule has 0 bridgehead atoms. The Labute approximate surface area is 119 Å². The molecule has 6 nitrogen and oxygen atoms in total. The summed E-state index contributed by atoms with van der Waals surface area (Å²) in [5.74, 6) is 0.632. The van der Waals surface area contributed by atoms with Crippen molar-refractivity contribution in [3.8, 4) is 5.75 Å². The number of oxime groups is 1. The average Bonchev–Trinajstić information content (AvgIpc) is 2.50. The first-order valence-electron chi connectivity index (χ1n) is 6.52. The largest absolute Gasteiger partial charge is 0.496 e. The smallest absolute Gasteiger partial charge is 0.173 e. The fraction of sp³-hybridized carbons (Fsp3) is 0.500. The quantitative estimate of drug-likeness (QED) is 0.324. The Balaban J connectivity index is 2.90. The highest BCUT2D eigenvalue weighted by atomic mass is 16.5. The number of benzene rings is 1. The molecule has 0 aliphatic rings. The summed E-state index contributed by atoms with van der Waals surface area (Å²) >= 11 is 0. The number of likely N-dealkylation sites (N-methyl/N-ethyl adjacent to an activating group) is 1. The van der Waals surface area contributed by atoms with Crippen LogP contribution in [-0.4, -0.2) is 49.9 Å². The van der Waals surface area contributed by atoms with E-state index in [1.165, 1.54) is 0 Å². The molecule has 1 rings (SSSR count). The van der Waals surface area contributed by atoms with Crippen molar-refractivity contribution >= 4 is 5.84 Å². The monoisotopic (exact) mass is 281 g/mol. The molecule has 6 heteroatoms. The molecule has 0 aromatic heterocycles. The number of nitrogens with two attached hydrogens (primary N) is 1. The molecule has 0 spiro atoms. The lowest BCUT2D eigenvalue weighted by Gasteiger charge is -2.20. The van der Waals surface area contributed by atoms with Crippen LogP contribution in [0.4, 0.5) is 0 Å². The maximum absolute atomic E-state index is 8.82. The first-order valence-corrected chi connectivity index (χ1v) is 6.52. The predicted molar refractivity (Wildman–Crippen MR) is 78.3 cm³/mol. The number of nitrogens with zero attached hydrogens (tertiary/aromatic N) is 2. The molecule has 0 radical (unpaired) electrons. The van der Waals surface area contributed by atoms with Crippen LogP contribution in [0.2, 0.25) is 0 Å². The topological polar surface area (TPSA) is 80.3 Å². The third-order valence-corrected chi connectivity index (χ3v) is 3.11. The molecule has 0 heterocycles. The van der Waals surface area contributed by atoms with Crippen LogP contribution in [0.25, 0.3) is 0 Å².